The second-order valence-electron chi connectivity index (χ2n) is 3.51. The largest absolute Gasteiger partial charge is 0.462 e. The number of carbonyl (C=O) groups is 1. The van der Waals surface area contributed by atoms with E-state index in [1.165, 1.54) is 6.08 Å². The van der Waals surface area contributed by atoms with Crippen LogP contribution < -0.4 is 5.73 Å². The topological polar surface area (TPSA) is 76.1 Å². The van der Waals surface area contributed by atoms with Crippen molar-refractivity contribution in [1.82, 2.24) is 0 Å². The molecule has 1 rings (SSSR count). The Morgan fingerprint density at radius 1 is 1.59 bits per heavy atom. The number of hydrogen-bond acceptors (Lipinski definition) is 4. The van der Waals surface area contributed by atoms with Crippen molar-refractivity contribution in [2.45, 2.75) is 13.8 Å². The number of benzene rings is 1. The number of anilines is 1. The smallest absolute Gasteiger partial charge is 0.348 e. The fraction of sp³-hybridized carbons (Fsp3) is 0.231. The van der Waals surface area contributed by atoms with Crippen molar-refractivity contribution >= 4 is 17.7 Å². The molecule has 1 aromatic carbocycles. The molecule has 4 nitrogen and oxygen atoms in total. The molecule has 0 atom stereocenters. The Bertz CT molecular complexity index is 499. The van der Waals surface area contributed by atoms with E-state index in [4.69, 9.17) is 15.7 Å². The van der Waals surface area contributed by atoms with E-state index in [0.29, 0.717) is 5.69 Å². The molecule has 0 saturated heterocycles. The molecule has 0 spiro atoms. The molecule has 1 aromatic rings. The van der Waals surface area contributed by atoms with E-state index in [1.54, 1.807) is 25.1 Å². The summed E-state index contributed by atoms with van der Waals surface area (Å²) in [5.74, 6) is -0.605. The maximum Gasteiger partial charge on any atom is 0.348 e. The number of nitrogen functional groups attached to an aromatic ring is 1. The van der Waals surface area contributed by atoms with Gasteiger partial charge < -0.3 is 10.5 Å². The molecule has 0 amide bonds. The van der Waals surface area contributed by atoms with E-state index in [9.17, 15) is 4.79 Å². The minimum Gasteiger partial charge on any atom is -0.462 e. The van der Waals surface area contributed by atoms with Crippen molar-refractivity contribution in [3.63, 3.8) is 0 Å². The third-order valence-electron chi connectivity index (χ3n) is 2.21. The van der Waals surface area contributed by atoms with Gasteiger partial charge in [-0.1, -0.05) is 6.07 Å². The highest BCUT2D eigenvalue weighted by molar-refractivity contribution is 5.98. The van der Waals surface area contributed by atoms with Gasteiger partial charge in [-0.15, -0.1) is 0 Å². The average Bonchev–Trinajstić information content (AvgIpc) is 2.28. The Morgan fingerprint density at radius 2 is 2.29 bits per heavy atom. The maximum absolute atomic E-state index is 11.4. The van der Waals surface area contributed by atoms with Gasteiger partial charge in [0.15, 0.2) is 0 Å². The fourth-order valence-electron chi connectivity index (χ4n) is 1.36. The number of carbonyl (C=O) groups excluding carboxylic acids is 1. The van der Waals surface area contributed by atoms with Gasteiger partial charge in [-0.05, 0) is 43.2 Å². The Morgan fingerprint density at radius 3 is 2.82 bits per heavy atom. The van der Waals surface area contributed by atoms with Crippen LogP contribution in [0.15, 0.2) is 23.8 Å². The number of rotatable bonds is 3. The molecule has 0 saturated carbocycles. The van der Waals surface area contributed by atoms with Crippen molar-refractivity contribution in [3.05, 3.63) is 34.9 Å². The standard InChI is InChI=1S/C13H14N2O2/c1-3-17-13(16)11(8-14)7-10-4-5-12(15)6-9(10)2/h4-7H,3,15H2,1-2H3/b11-7+. The summed E-state index contributed by atoms with van der Waals surface area (Å²) in [7, 11) is 0. The molecule has 0 aliphatic heterocycles. The second kappa shape index (κ2) is 5.71. The molecule has 17 heavy (non-hydrogen) atoms. The Labute approximate surface area is 100 Å². The van der Waals surface area contributed by atoms with Gasteiger partial charge >= 0.3 is 5.97 Å². The minimum atomic E-state index is -0.605. The average molecular weight is 230 g/mol. The second-order valence-corrected chi connectivity index (χ2v) is 3.51. The summed E-state index contributed by atoms with van der Waals surface area (Å²) in [5, 5.41) is 8.89. The summed E-state index contributed by atoms with van der Waals surface area (Å²) >= 11 is 0. The van der Waals surface area contributed by atoms with E-state index in [0.717, 1.165) is 11.1 Å². The van der Waals surface area contributed by atoms with Crippen molar-refractivity contribution < 1.29 is 9.53 Å². The lowest BCUT2D eigenvalue weighted by molar-refractivity contribution is -0.137. The molecule has 0 aliphatic carbocycles. The minimum absolute atomic E-state index is 0.0141. The monoisotopic (exact) mass is 230 g/mol. The van der Waals surface area contributed by atoms with E-state index in [-0.39, 0.29) is 12.2 Å². The molecule has 0 fully saturated rings. The van der Waals surface area contributed by atoms with Crippen LogP contribution in [0, 0.1) is 18.3 Å². The third kappa shape index (κ3) is 3.35. The summed E-state index contributed by atoms with van der Waals surface area (Å²) in [6, 6.07) is 7.10. The first-order valence-corrected chi connectivity index (χ1v) is 5.23. The van der Waals surface area contributed by atoms with Crippen molar-refractivity contribution in [2.75, 3.05) is 12.3 Å². The number of aryl methyl sites for hydroxylation is 1. The molecule has 0 radical (unpaired) electrons. The summed E-state index contributed by atoms with van der Waals surface area (Å²) in [6.45, 7) is 3.81. The molecular formula is C13H14N2O2. The summed E-state index contributed by atoms with van der Waals surface area (Å²) in [5.41, 5.74) is 7.94. The summed E-state index contributed by atoms with van der Waals surface area (Å²) in [6.07, 6.45) is 1.51. The molecule has 0 heterocycles. The van der Waals surface area contributed by atoms with Gasteiger partial charge in [-0.25, -0.2) is 4.79 Å². The van der Waals surface area contributed by atoms with Crippen LogP contribution in [-0.2, 0) is 9.53 Å². The number of hydrogen-bond donors (Lipinski definition) is 1. The zero-order valence-electron chi connectivity index (χ0n) is 9.86. The van der Waals surface area contributed by atoms with Crippen molar-refractivity contribution in [1.29, 1.82) is 5.26 Å². The molecular weight excluding hydrogens is 216 g/mol. The quantitative estimate of drug-likeness (QED) is 0.373. The lowest BCUT2D eigenvalue weighted by atomic mass is 10.1. The van der Waals surface area contributed by atoms with Gasteiger partial charge in [0.05, 0.1) is 6.61 Å². The Kier molecular flexibility index (Phi) is 4.29. The Hall–Kier alpha value is -2.28. The van der Waals surface area contributed by atoms with Crippen molar-refractivity contribution in [2.24, 2.45) is 0 Å². The SMILES string of the molecule is CCOC(=O)/C(C#N)=C/c1ccc(N)cc1C. The van der Waals surface area contributed by atoms with Gasteiger partial charge in [-0.2, -0.15) is 5.26 Å². The van der Waals surface area contributed by atoms with Gasteiger partial charge in [0.1, 0.15) is 11.6 Å². The highest BCUT2D eigenvalue weighted by Crippen LogP contribution is 2.16. The van der Waals surface area contributed by atoms with Crippen molar-refractivity contribution in [3.8, 4) is 6.07 Å². The molecule has 0 aliphatic rings. The van der Waals surface area contributed by atoms with E-state index in [1.807, 2.05) is 13.0 Å². The van der Waals surface area contributed by atoms with E-state index < -0.39 is 5.97 Å². The lowest BCUT2D eigenvalue weighted by Gasteiger charge is -2.03. The van der Waals surface area contributed by atoms with Crippen LogP contribution in [0.25, 0.3) is 6.08 Å². The molecule has 2 N–H and O–H groups in total. The molecule has 4 heteroatoms. The molecule has 0 bridgehead atoms. The van der Waals surface area contributed by atoms with E-state index >= 15 is 0 Å². The summed E-state index contributed by atoms with van der Waals surface area (Å²) < 4.78 is 4.78. The van der Waals surface area contributed by atoms with Gasteiger partial charge in [0.25, 0.3) is 0 Å². The zero-order chi connectivity index (χ0) is 12.8. The number of ether oxygens (including phenoxy) is 1. The maximum atomic E-state index is 11.4. The number of nitrogens with two attached hydrogens (primary N) is 1. The number of esters is 1. The van der Waals surface area contributed by atoms with Crippen LogP contribution in [0.2, 0.25) is 0 Å². The number of nitrogens with zero attached hydrogens (tertiary/aromatic N) is 1. The fourth-order valence-corrected chi connectivity index (χ4v) is 1.36. The van der Waals surface area contributed by atoms with Crippen LogP contribution in [-0.4, -0.2) is 12.6 Å². The highest BCUT2D eigenvalue weighted by Gasteiger charge is 2.10. The molecule has 0 aromatic heterocycles. The lowest BCUT2D eigenvalue weighted by Crippen LogP contribution is -2.06. The zero-order valence-corrected chi connectivity index (χ0v) is 9.86. The van der Waals surface area contributed by atoms with Gasteiger partial charge in [0.2, 0.25) is 0 Å². The predicted molar refractivity (Wildman–Crippen MR) is 65.8 cm³/mol. The van der Waals surface area contributed by atoms with Crippen LogP contribution in [0.3, 0.4) is 0 Å². The van der Waals surface area contributed by atoms with Gasteiger partial charge in [-0.3, -0.25) is 0 Å². The third-order valence-corrected chi connectivity index (χ3v) is 2.21. The first-order chi connectivity index (χ1) is 8.08. The molecule has 88 valence electrons. The van der Waals surface area contributed by atoms with Crippen LogP contribution in [0.5, 0.6) is 0 Å². The molecule has 0 unspecified atom stereocenters. The van der Waals surface area contributed by atoms with Crippen LogP contribution in [0.4, 0.5) is 5.69 Å². The van der Waals surface area contributed by atoms with Crippen LogP contribution >= 0.6 is 0 Å². The first kappa shape index (κ1) is 12.8. The van der Waals surface area contributed by atoms with Gasteiger partial charge in [0, 0.05) is 5.69 Å². The van der Waals surface area contributed by atoms with Crippen LogP contribution in [0.1, 0.15) is 18.1 Å². The number of nitriles is 1. The first-order valence-electron chi connectivity index (χ1n) is 5.23. The van der Waals surface area contributed by atoms with E-state index in [2.05, 4.69) is 0 Å². The Balaban J connectivity index is 3.07. The normalized spacial score (nSPS) is 10.8. The highest BCUT2D eigenvalue weighted by atomic mass is 16.5. The predicted octanol–water partition coefficient (Wildman–Crippen LogP) is 2.05. The summed E-state index contributed by atoms with van der Waals surface area (Å²) in [4.78, 5) is 11.4.